The van der Waals surface area contributed by atoms with E-state index in [2.05, 4.69) is 15.1 Å². The molecule has 0 radical (unpaired) electrons. The van der Waals surface area contributed by atoms with E-state index in [1.807, 2.05) is 18.4 Å². The van der Waals surface area contributed by atoms with Crippen LogP contribution in [0.2, 0.25) is 0 Å². The van der Waals surface area contributed by atoms with Crippen LogP contribution in [0.15, 0.2) is 17.0 Å². The van der Waals surface area contributed by atoms with E-state index in [-0.39, 0.29) is 24.9 Å². The molecule has 1 aliphatic carbocycles. The predicted molar refractivity (Wildman–Crippen MR) is 92.7 cm³/mol. The molecule has 1 atom stereocenters. The first-order valence-electron chi connectivity index (χ1n) is 9.31. The minimum Gasteiger partial charge on any atom is -0.388 e. The smallest absolute Gasteiger partial charge is 0.274 e. The van der Waals surface area contributed by atoms with Crippen molar-refractivity contribution in [2.24, 2.45) is 0 Å². The fraction of sp³-hybridized carbons (Fsp3) is 0.667. The number of carbonyl (C=O) groups excluding carboxylic acids is 1. The van der Waals surface area contributed by atoms with Gasteiger partial charge in [-0.3, -0.25) is 4.79 Å². The second-order valence-corrected chi connectivity index (χ2v) is 7.85. The number of β-amino-alcohol motifs (C(OH)–C–C–N with tert-alkyl or cyclic N) is 1. The van der Waals surface area contributed by atoms with Crippen LogP contribution in [-0.4, -0.2) is 54.3 Å². The van der Waals surface area contributed by atoms with Crippen LogP contribution in [0, 0.1) is 0 Å². The molecule has 1 unspecified atom stereocenters. The molecule has 3 heterocycles. The quantitative estimate of drug-likeness (QED) is 0.876. The predicted octanol–water partition coefficient (Wildman–Crippen LogP) is 1.93. The molecule has 0 bridgehead atoms. The zero-order valence-corrected chi connectivity index (χ0v) is 15.3. The summed E-state index contributed by atoms with van der Waals surface area (Å²) in [5.41, 5.74) is -0.626. The van der Waals surface area contributed by atoms with Crippen LogP contribution in [0.4, 0.5) is 0 Å². The van der Waals surface area contributed by atoms with Gasteiger partial charge in [-0.1, -0.05) is 5.16 Å². The molecule has 0 spiro atoms. The Balaban J connectivity index is 1.44. The monoisotopic (exact) mass is 359 g/mol. The largest absolute Gasteiger partial charge is 0.388 e. The average molecular weight is 359 g/mol. The fourth-order valence-corrected chi connectivity index (χ4v) is 3.45. The summed E-state index contributed by atoms with van der Waals surface area (Å²) in [6, 6.07) is 0.250. The SMILES string of the molecule is CC(C)n1cnc(C(=O)N2CCCC(O)(Cc3nc(C4CC4)no3)C2)c1. The van der Waals surface area contributed by atoms with Gasteiger partial charge < -0.3 is 19.1 Å². The van der Waals surface area contributed by atoms with E-state index in [9.17, 15) is 9.90 Å². The van der Waals surface area contributed by atoms with Gasteiger partial charge in [0.2, 0.25) is 5.89 Å². The van der Waals surface area contributed by atoms with Crippen LogP contribution in [-0.2, 0) is 6.42 Å². The van der Waals surface area contributed by atoms with Crippen LogP contribution in [0.1, 0.15) is 73.7 Å². The van der Waals surface area contributed by atoms with Crippen LogP contribution in [0.5, 0.6) is 0 Å². The van der Waals surface area contributed by atoms with Crippen molar-refractivity contribution in [1.29, 1.82) is 0 Å². The van der Waals surface area contributed by atoms with E-state index < -0.39 is 5.60 Å². The lowest BCUT2D eigenvalue weighted by molar-refractivity contribution is -0.0288. The number of amides is 1. The van der Waals surface area contributed by atoms with Crippen molar-refractivity contribution in [2.75, 3.05) is 13.1 Å². The highest BCUT2D eigenvalue weighted by molar-refractivity contribution is 5.92. The van der Waals surface area contributed by atoms with Crippen molar-refractivity contribution in [2.45, 2.75) is 63.5 Å². The van der Waals surface area contributed by atoms with Gasteiger partial charge in [-0.25, -0.2) is 4.98 Å². The minimum absolute atomic E-state index is 0.147. The van der Waals surface area contributed by atoms with Gasteiger partial charge in [-0.05, 0) is 39.5 Å². The van der Waals surface area contributed by atoms with Crippen molar-refractivity contribution in [3.8, 4) is 0 Å². The van der Waals surface area contributed by atoms with Crippen molar-refractivity contribution < 1.29 is 14.4 Å². The number of aromatic nitrogens is 4. The second kappa shape index (κ2) is 6.50. The molecule has 4 rings (SSSR count). The number of nitrogens with zero attached hydrogens (tertiary/aromatic N) is 5. The van der Waals surface area contributed by atoms with Crippen molar-refractivity contribution in [3.05, 3.63) is 29.9 Å². The van der Waals surface area contributed by atoms with Crippen LogP contribution in [0.3, 0.4) is 0 Å². The maximum absolute atomic E-state index is 12.8. The highest BCUT2D eigenvalue weighted by atomic mass is 16.5. The summed E-state index contributed by atoms with van der Waals surface area (Å²) in [6.45, 7) is 4.94. The van der Waals surface area contributed by atoms with Crippen molar-refractivity contribution in [3.63, 3.8) is 0 Å². The molecule has 1 saturated carbocycles. The van der Waals surface area contributed by atoms with E-state index in [0.29, 0.717) is 30.5 Å². The molecular weight excluding hydrogens is 334 g/mol. The topological polar surface area (TPSA) is 97.3 Å². The third kappa shape index (κ3) is 3.51. The lowest BCUT2D eigenvalue weighted by Crippen LogP contribution is -2.51. The molecule has 0 aromatic carbocycles. The summed E-state index contributed by atoms with van der Waals surface area (Å²) in [4.78, 5) is 23.1. The number of aliphatic hydroxyl groups is 1. The Morgan fingerprint density at radius 3 is 2.96 bits per heavy atom. The molecule has 2 aromatic rings. The number of hydrogen-bond donors (Lipinski definition) is 1. The van der Waals surface area contributed by atoms with E-state index in [1.165, 1.54) is 0 Å². The number of imidazole rings is 1. The molecule has 2 aliphatic rings. The van der Waals surface area contributed by atoms with E-state index in [0.717, 1.165) is 25.1 Å². The first-order valence-corrected chi connectivity index (χ1v) is 9.31. The van der Waals surface area contributed by atoms with Gasteiger partial charge in [-0.15, -0.1) is 0 Å². The van der Waals surface area contributed by atoms with Gasteiger partial charge in [0.1, 0.15) is 5.69 Å². The van der Waals surface area contributed by atoms with Crippen LogP contribution < -0.4 is 0 Å². The zero-order valence-electron chi connectivity index (χ0n) is 15.3. The minimum atomic E-state index is -1.04. The number of carbonyl (C=O) groups is 1. The van der Waals surface area contributed by atoms with E-state index in [4.69, 9.17) is 4.52 Å². The molecule has 1 aliphatic heterocycles. The molecule has 1 amide bonds. The Morgan fingerprint density at radius 2 is 2.27 bits per heavy atom. The molecule has 1 N–H and O–H groups in total. The molecule has 2 fully saturated rings. The molecule has 26 heavy (non-hydrogen) atoms. The Labute approximate surface area is 152 Å². The van der Waals surface area contributed by atoms with Crippen molar-refractivity contribution >= 4 is 5.91 Å². The van der Waals surface area contributed by atoms with Crippen LogP contribution >= 0.6 is 0 Å². The van der Waals surface area contributed by atoms with Gasteiger partial charge in [0, 0.05) is 24.7 Å². The number of hydrogen-bond acceptors (Lipinski definition) is 6. The summed E-state index contributed by atoms with van der Waals surface area (Å²) < 4.78 is 7.21. The van der Waals surface area contributed by atoms with Crippen LogP contribution in [0.25, 0.3) is 0 Å². The second-order valence-electron chi connectivity index (χ2n) is 7.85. The summed E-state index contributed by atoms with van der Waals surface area (Å²) >= 11 is 0. The Kier molecular flexibility index (Phi) is 4.30. The molecule has 1 saturated heterocycles. The Bertz CT molecular complexity index is 794. The average Bonchev–Trinajstić information content (AvgIpc) is 3.15. The summed E-state index contributed by atoms with van der Waals surface area (Å²) in [5, 5.41) is 15.0. The maximum Gasteiger partial charge on any atom is 0.274 e. The van der Waals surface area contributed by atoms with Gasteiger partial charge in [0.15, 0.2) is 5.82 Å². The molecule has 2 aromatic heterocycles. The summed E-state index contributed by atoms with van der Waals surface area (Å²) in [5.74, 6) is 1.47. The normalized spacial score (nSPS) is 23.6. The Hall–Kier alpha value is -2.22. The van der Waals surface area contributed by atoms with Gasteiger partial charge in [-0.2, -0.15) is 4.98 Å². The lowest BCUT2D eigenvalue weighted by atomic mass is 9.89. The van der Waals surface area contributed by atoms with E-state index in [1.54, 1.807) is 17.4 Å². The van der Waals surface area contributed by atoms with Gasteiger partial charge >= 0.3 is 0 Å². The van der Waals surface area contributed by atoms with Gasteiger partial charge in [0.25, 0.3) is 5.91 Å². The molecule has 140 valence electrons. The number of piperidine rings is 1. The first-order chi connectivity index (χ1) is 12.4. The zero-order chi connectivity index (χ0) is 18.3. The summed E-state index contributed by atoms with van der Waals surface area (Å²) in [6.07, 6.45) is 7.27. The van der Waals surface area contributed by atoms with E-state index >= 15 is 0 Å². The third-order valence-corrected chi connectivity index (χ3v) is 5.17. The highest BCUT2D eigenvalue weighted by Crippen LogP contribution is 2.38. The number of rotatable bonds is 5. The summed E-state index contributed by atoms with van der Waals surface area (Å²) in [7, 11) is 0. The van der Waals surface area contributed by atoms with Gasteiger partial charge in [0.05, 0.1) is 24.9 Å². The Morgan fingerprint density at radius 1 is 1.46 bits per heavy atom. The molecular formula is C18H25N5O3. The van der Waals surface area contributed by atoms with Crippen molar-refractivity contribution in [1.82, 2.24) is 24.6 Å². The maximum atomic E-state index is 12.8. The third-order valence-electron chi connectivity index (χ3n) is 5.17. The first kappa shape index (κ1) is 17.2. The molecule has 8 nitrogen and oxygen atoms in total. The standard InChI is InChI=1S/C18H25N5O3/c1-12(2)23-9-14(19-11-23)17(24)22-7-3-6-18(25,10-22)8-15-20-16(21-26-15)13-4-5-13/h9,11-13,25H,3-8,10H2,1-2H3. The lowest BCUT2D eigenvalue weighted by Gasteiger charge is -2.38. The number of likely N-dealkylation sites (tertiary alicyclic amines) is 1. The fourth-order valence-electron chi connectivity index (χ4n) is 3.45. The molecule has 8 heteroatoms. The highest BCUT2D eigenvalue weighted by Gasteiger charge is 2.38.